The van der Waals surface area contributed by atoms with Gasteiger partial charge in [0, 0.05) is 47.6 Å². The fourth-order valence-electron chi connectivity index (χ4n) is 3.72. The van der Waals surface area contributed by atoms with Gasteiger partial charge in [-0.2, -0.15) is 0 Å². The minimum atomic E-state index is -1.05. The third-order valence-corrected chi connectivity index (χ3v) is 5.93. The quantitative estimate of drug-likeness (QED) is 0.526. The molecule has 8 heteroatoms. The minimum Gasteiger partial charge on any atom is -0.478 e. The molecule has 1 fully saturated rings. The number of hydrogen-bond acceptors (Lipinski definition) is 4. The fraction of sp³-hybridized carbons (Fsp3) is 0.167. The van der Waals surface area contributed by atoms with Crippen molar-refractivity contribution in [2.24, 2.45) is 0 Å². The highest BCUT2D eigenvalue weighted by molar-refractivity contribution is 9.10. The summed E-state index contributed by atoms with van der Waals surface area (Å²) in [6, 6.07) is 18.2. The first-order valence-electron chi connectivity index (χ1n) is 10.1. The number of carboxylic acid groups (broad SMARTS) is 1. The van der Waals surface area contributed by atoms with Crippen LogP contribution in [0.25, 0.3) is 0 Å². The highest BCUT2D eigenvalue weighted by atomic mass is 79.9. The number of rotatable bonds is 5. The van der Waals surface area contributed by atoms with Crippen LogP contribution in [0.4, 0.5) is 21.5 Å². The number of hydrogen-bond donors (Lipinski definition) is 2. The van der Waals surface area contributed by atoms with Gasteiger partial charge in [-0.1, -0.05) is 15.9 Å². The second-order valence-corrected chi connectivity index (χ2v) is 8.36. The molecule has 2 N–H and O–H groups in total. The summed E-state index contributed by atoms with van der Waals surface area (Å²) in [5.41, 5.74) is 2.58. The Morgan fingerprint density at radius 3 is 2.12 bits per heavy atom. The van der Waals surface area contributed by atoms with Crippen LogP contribution in [-0.2, 0) is 0 Å². The summed E-state index contributed by atoms with van der Waals surface area (Å²) < 4.78 is 14.0. The van der Waals surface area contributed by atoms with Gasteiger partial charge in [-0.05, 0) is 66.7 Å². The van der Waals surface area contributed by atoms with Gasteiger partial charge in [0.1, 0.15) is 5.82 Å². The molecule has 0 atom stereocenters. The van der Waals surface area contributed by atoms with Gasteiger partial charge in [0.25, 0.3) is 5.91 Å². The van der Waals surface area contributed by atoms with E-state index in [1.807, 2.05) is 4.90 Å². The Labute approximate surface area is 193 Å². The summed E-state index contributed by atoms with van der Waals surface area (Å²) >= 11 is 3.33. The SMILES string of the molecule is O=C(Nc1ccc(N2CCN(c3ccc(F)cc3)CC2)c(C(=O)O)c1)c1ccc(Br)cc1. The zero-order valence-corrected chi connectivity index (χ0v) is 18.7. The number of carboxylic acids is 1. The zero-order valence-electron chi connectivity index (χ0n) is 17.1. The summed E-state index contributed by atoms with van der Waals surface area (Å²) in [4.78, 5) is 28.6. The van der Waals surface area contributed by atoms with Crippen LogP contribution < -0.4 is 15.1 Å². The maximum absolute atomic E-state index is 13.2. The highest BCUT2D eigenvalue weighted by Crippen LogP contribution is 2.27. The summed E-state index contributed by atoms with van der Waals surface area (Å²) in [6.07, 6.45) is 0. The molecule has 0 aliphatic carbocycles. The number of anilines is 3. The molecule has 0 aromatic heterocycles. The first-order chi connectivity index (χ1) is 15.4. The van der Waals surface area contributed by atoms with Crippen LogP contribution in [0.2, 0.25) is 0 Å². The van der Waals surface area contributed by atoms with Gasteiger partial charge in [0.15, 0.2) is 0 Å². The van der Waals surface area contributed by atoms with Crippen molar-refractivity contribution in [3.05, 3.63) is 88.1 Å². The number of halogens is 2. The lowest BCUT2D eigenvalue weighted by Gasteiger charge is -2.38. The van der Waals surface area contributed by atoms with Crippen LogP contribution in [0.15, 0.2) is 71.2 Å². The van der Waals surface area contributed by atoms with E-state index in [9.17, 15) is 19.1 Å². The summed E-state index contributed by atoms with van der Waals surface area (Å²) in [7, 11) is 0. The largest absolute Gasteiger partial charge is 0.478 e. The van der Waals surface area contributed by atoms with Crippen molar-refractivity contribution in [2.75, 3.05) is 41.3 Å². The number of amides is 1. The molecule has 4 rings (SSSR count). The molecule has 164 valence electrons. The van der Waals surface area contributed by atoms with Crippen LogP contribution in [-0.4, -0.2) is 43.2 Å². The molecule has 0 spiro atoms. The molecule has 6 nitrogen and oxygen atoms in total. The predicted molar refractivity (Wildman–Crippen MR) is 126 cm³/mol. The van der Waals surface area contributed by atoms with Gasteiger partial charge in [0.05, 0.1) is 11.3 Å². The van der Waals surface area contributed by atoms with E-state index in [1.165, 1.54) is 18.2 Å². The Bertz CT molecular complexity index is 1130. The van der Waals surface area contributed by atoms with Gasteiger partial charge in [-0.3, -0.25) is 4.79 Å². The van der Waals surface area contributed by atoms with Crippen LogP contribution in [0.1, 0.15) is 20.7 Å². The zero-order chi connectivity index (χ0) is 22.7. The lowest BCUT2D eigenvalue weighted by atomic mass is 10.1. The second kappa shape index (κ2) is 9.40. The Morgan fingerprint density at radius 1 is 0.875 bits per heavy atom. The smallest absolute Gasteiger partial charge is 0.337 e. The number of nitrogens with zero attached hydrogens (tertiary/aromatic N) is 2. The van der Waals surface area contributed by atoms with E-state index in [-0.39, 0.29) is 17.3 Å². The molecular formula is C24H21BrFN3O3. The lowest BCUT2D eigenvalue weighted by molar-refractivity contribution is 0.0697. The molecular weight excluding hydrogens is 477 g/mol. The molecule has 1 aliphatic heterocycles. The Hall–Kier alpha value is -3.39. The Morgan fingerprint density at radius 2 is 1.50 bits per heavy atom. The summed E-state index contributed by atoms with van der Waals surface area (Å²) in [5.74, 6) is -1.64. The molecule has 3 aromatic carbocycles. The van der Waals surface area contributed by atoms with E-state index in [0.717, 1.165) is 10.2 Å². The molecule has 3 aromatic rings. The van der Waals surface area contributed by atoms with Crippen molar-refractivity contribution in [3.63, 3.8) is 0 Å². The van der Waals surface area contributed by atoms with E-state index in [1.54, 1.807) is 48.5 Å². The van der Waals surface area contributed by atoms with Crippen LogP contribution in [0.3, 0.4) is 0 Å². The molecule has 1 aliphatic rings. The molecule has 32 heavy (non-hydrogen) atoms. The first-order valence-corrected chi connectivity index (χ1v) is 10.9. The third-order valence-electron chi connectivity index (χ3n) is 5.40. The molecule has 0 unspecified atom stereocenters. The van der Waals surface area contributed by atoms with Crippen molar-refractivity contribution >= 4 is 44.9 Å². The predicted octanol–water partition coefficient (Wildman–Crippen LogP) is 4.87. The average molecular weight is 498 g/mol. The van der Waals surface area contributed by atoms with Crippen molar-refractivity contribution < 1.29 is 19.1 Å². The maximum atomic E-state index is 13.2. The monoisotopic (exact) mass is 497 g/mol. The molecule has 0 saturated carbocycles. The van der Waals surface area contributed by atoms with E-state index in [2.05, 4.69) is 26.1 Å². The summed E-state index contributed by atoms with van der Waals surface area (Å²) in [5, 5.41) is 12.5. The molecule has 1 heterocycles. The first kappa shape index (κ1) is 21.8. The number of nitrogens with one attached hydrogen (secondary N) is 1. The number of carbonyl (C=O) groups excluding carboxylic acids is 1. The third kappa shape index (κ3) is 4.91. The Kier molecular flexibility index (Phi) is 6.41. The van der Waals surface area contributed by atoms with Gasteiger partial charge < -0.3 is 20.2 Å². The van der Waals surface area contributed by atoms with Gasteiger partial charge >= 0.3 is 5.97 Å². The Balaban J connectivity index is 1.47. The molecule has 0 radical (unpaired) electrons. The number of benzene rings is 3. The highest BCUT2D eigenvalue weighted by Gasteiger charge is 2.22. The lowest BCUT2D eigenvalue weighted by Crippen LogP contribution is -2.47. The normalized spacial score (nSPS) is 13.7. The number of carbonyl (C=O) groups is 2. The number of aromatic carboxylic acids is 1. The van der Waals surface area contributed by atoms with Crippen LogP contribution in [0, 0.1) is 5.82 Å². The maximum Gasteiger partial charge on any atom is 0.337 e. The minimum absolute atomic E-state index is 0.133. The number of piperazine rings is 1. The van der Waals surface area contributed by atoms with Gasteiger partial charge in [-0.25, -0.2) is 9.18 Å². The van der Waals surface area contributed by atoms with Crippen molar-refractivity contribution in [1.82, 2.24) is 0 Å². The molecule has 0 bridgehead atoms. The fourth-order valence-corrected chi connectivity index (χ4v) is 3.99. The molecule has 1 amide bonds. The van der Waals surface area contributed by atoms with Crippen LogP contribution in [0.5, 0.6) is 0 Å². The van der Waals surface area contributed by atoms with E-state index >= 15 is 0 Å². The van der Waals surface area contributed by atoms with Crippen LogP contribution >= 0.6 is 15.9 Å². The van der Waals surface area contributed by atoms with E-state index in [4.69, 9.17) is 0 Å². The van der Waals surface area contributed by atoms with E-state index < -0.39 is 5.97 Å². The standard InChI is InChI=1S/C24H21BrFN3O3/c25-17-3-1-16(2-4-17)23(30)27-19-7-10-22(21(15-19)24(31)32)29-13-11-28(12-14-29)20-8-5-18(26)6-9-20/h1-10,15H,11-14H2,(H,27,30)(H,31,32). The average Bonchev–Trinajstić information content (AvgIpc) is 2.80. The summed E-state index contributed by atoms with van der Waals surface area (Å²) in [6.45, 7) is 2.63. The topological polar surface area (TPSA) is 72.9 Å². The second-order valence-electron chi connectivity index (χ2n) is 7.45. The van der Waals surface area contributed by atoms with Gasteiger partial charge in [-0.15, -0.1) is 0 Å². The van der Waals surface area contributed by atoms with Crippen molar-refractivity contribution in [1.29, 1.82) is 0 Å². The van der Waals surface area contributed by atoms with E-state index in [0.29, 0.717) is 43.1 Å². The van der Waals surface area contributed by atoms with Crippen molar-refractivity contribution in [3.8, 4) is 0 Å². The van der Waals surface area contributed by atoms with Gasteiger partial charge in [0.2, 0.25) is 0 Å². The molecule has 1 saturated heterocycles. The van der Waals surface area contributed by atoms with Crippen molar-refractivity contribution in [2.45, 2.75) is 0 Å².